The summed E-state index contributed by atoms with van der Waals surface area (Å²) in [6, 6.07) is 20.2. The number of nitrogens with one attached hydrogen (secondary N) is 1. The van der Waals surface area contributed by atoms with Crippen LogP contribution in [0.5, 0.6) is 0 Å². The van der Waals surface area contributed by atoms with Crippen molar-refractivity contribution in [1.29, 1.82) is 0 Å². The number of hydrogen-bond donors (Lipinski definition) is 1. The second kappa shape index (κ2) is 9.35. The van der Waals surface area contributed by atoms with Gasteiger partial charge >= 0.3 is 0 Å². The van der Waals surface area contributed by atoms with Crippen LogP contribution >= 0.6 is 0 Å². The molecule has 0 radical (unpaired) electrons. The fraction of sp³-hybridized carbons (Fsp3) is 0.192. The summed E-state index contributed by atoms with van der Waals surface area (Å²) in [5.74, 6) is -0.160. The van der Waals surface area contributed by atoms with E-state index >= 15 is 0 Å². The molecule has 5 rings (SSSR count). The first kappa shape index (κ1) is 21.6. The number of furan rings is 1. The third-order valence-corrected chi connectivity index (χ3v) is 5.93. The predicted octanol–water partition coefficient (Wildman–Crippen LogP) is 4.31. The molecule has 8 heteroatoms. The van der Waals surface area contributed by atoms with Gasteiger partial charge in [-0.2, -0.15) is 5.10 Å². The molecule has 7 nitrogen and oxygen atoms in total. The molecule has 0 spiro atoms. The number of halogens is 1. The number of benzene rings is 2. The topological polar surface area (TPSA) is 80.4 Å². The van der Waals surface area contributed by atoms with Crippen molar-refractivity contribution in [3.8, 4) is 17.1 Å². The number of rotatable bonds is 5. The largest absolute Gasteiger partial charge is 0.463 e. The van der Waals surface area contributed by atoms with Crippen molar-refractivity contribution in [3.63, 3.8) is 0 Å². The Morgan fingerprint density at radius 3 is 2.38 bits per heavy atom. The van der Waals surface area contributed by atoms with Gasteiger partial charge in [-0.3, -0.25) is 9.59 Å². The Morgan fingerprint density at radius 1 is 0.971 bits per heavy atom. The zero-order valence-electron chi connectivity index (χ0n) is 18.4. The van der Waals surface area contributed by atoms with Crippen LogP contribution in [0.2, 0.25) is 0 Å². The van der Waals surface area contributed by atoms with Crippen LogP contribution in [0.4, 0.5) is 4.39 Å². The third kappa shape index (κ3) is 4.47. The van der Waals surface area contributed by atoms with E-state index in [2.05, 4.69) is 10.4 Å². The van der Waals surface area contributed by atoms with E-state index in [-0.39, 0.29) is 23.7 Å². The molecule has 4 aromatic rings. The fourth-order valence-electron chi connectivity index (χ4n) is 4.10. The first-order chi connectivity index (χ1) is 16.6. The number of likely N-dealkylation sites (tertiary alicyclic amines) is 1. The van der Waals surface area contributed by atoms with Gasteiger partial charge < -0.3 is 14.6 Å². The van der Waals surface area contributed by atoms with E-state index in [0.29, 0.717) is 48.6 Å². The molecule has 1 aliphatic rings. The van der Waals surface area contributed by atoms with Crippen LogP contribution < -0.4 is 5.32 Å². The Hall–Kier alpha value is -4.20. The minimum Gasteiger partial charge on any atom is -0.463 e. The molecule has 34 heavy (non-hydrogen) atoms. The van der Waals surface area contributed by atoms with Gasteiger partial charge in [0.15, 0.2) is 5.76 Å². The van der Waals surface area contributed by atoms with Gasteiger partial charge in [0.2, 0.25) is 0 Å². The lowest BCUT2D eigenvalue weighted by atomic mass is 10.0. The van der Waals surface area contributed by atoms with Crippen molar-refractivity contribution in [2.45, 2.75) is 18.9 Å². The molecular weight excluding hydrogens is 435 g/mol. The Morgan fingerprint density at radius 2 is 1.71 bits per heavy atom. The van der Waals surface area contributed by atoms with Gasteiger partial charge in [-0.25, -0.2) is 9.07 Å². The highest BCUT2D eigenvalue weighted by atomic mass is 19.1. The summed E-state index contributed by atoms with van der Waals surface area (Å²) in [6.07, 6.45) is 2.83. The Labute approximate surface area is 195 Å². The summed E-state index contributed by atoms with van der Waals surface area (Å²) >= 11 is 0. The van der Waals surface area contributed by atoms with E-state index < -0.39 is 0 Å². The van der Waals surface area contributed by atoms with E-state index in [1.54, 1.807) is 34.0 Å². The standard InChI is InChI=1S/C26H23FN4O3/c27-19-10-8-18(9-11-19)25(32)28-20-12-14-30(15-13-20)26(33)23-17-22(24-7-4-16-34-24)29-31(23)21-5-2-1-3-6-21/h1-11,16-17,20H,12-15H2,(H,28,32). The number of para-hydroxylation sites is 1. The average Bonchev–Trinajstić information content (AvgIpc) is 3.55. The molecule has 2 aromatic carbocycles. The van der Waals surface area contributed by atoms with Gasteiger partial charge in [-0.1, -0.05) is 18.2 Å². The minimum absolute atomic E-state index is 0.0562. The summed E-state index contributed by atoms with van der Waals surface area (Å²) in [4.78, 5) is 27.7. The van der Waals surface area contributed by atoms with Gasteiger partial charge in [-0.15, -0.1) is 0 Å². The SMILES string of the molecule is O=C(NC1CCN(C(=O)c2cc(-c3ccco3)nn2-c2ccccc2)CC1)c1ccc(F)cc1. The lowest BCUT2D eigenvalue weighted by Crippen LogP contribution is -2.46. The number of nitrogens with zero attached hydrogens (tertiary/aromatic N) is 3. The van der Waals surface area contributed by atoms with Crippen LogP contribution in [0.25, 0.3) is 17.1 Å². The van der Waals surface area contributed by atoms with Crippen LogP contribution in [0, 0.1) is 5.82 Å². The van der Waals surface area contributed by atoms with Crippen molar-refractivity contribution >= 4 is 11.8 Å². The molecule has 0 aliphatic carbocycles. The molecule has 2 aromatic heterocycles. The maximum absolute atomic E-state index is 13.5. The van der Waals surface area contributed by atoms with Gasteiger partial charge in [-0.05, 0) is 61.4 Å². The number of amides is 2. The number of carbonyl (C=O) groups excluding carboxylic acids is 2. The Balaban J connectivity index is 1.30. The molecule has 1 saturated heterocycles. The van der Waals surface area contributed by atoms with Gasteiger partial charge in [0.05, 0.1) is 12.0 Å². The quantitative estimate of drug-likeness (QED) is 0.483. The highest BCUT2D eigenvalue weighted by Crippen LogP contribution is 2.24. The normalized spacial score (nSPS) is 14.2. The van der Waals surface area contributed by atoms with Crippen molar-refractivity contribution in [3.05, 3.63) is 96.1 Å². The van der Waals surface area contributed by atoms with Crippen LogP contribution in [-0.2, 0) is 0 Å². The first-order valence-corrected chi connectivity index (χ1v) is 11.1. The van der Waals surface area contributed by atoms with E-state index in [1.807, 2.05) is 30.3 Å². The van der Waals surface area contributed by atoms with E-state index in [4.69, 9.17) is 4.42 Å². The molecule has 1 fully saturated rings. The second-order valence-electron chi connectivity index (χ2n) is 8.19. The molecule has 1 aliphatic heterocycles. The van der Waals surface area contributed by atoms with Crippen molar-refractivity contribution in [1.82, 2.24) is 20.0 Å². The molecular formula is C26H23FN4O3. The zero-order valence-corrected chi connectivity index (χ0v) is 18.4. The number of piperidine rings is 1. The second-order valence-corrected chi connectivity index (χ2v) is 8.19. The summed E-state index contributed by atoms with van der Waals surface area (Å²) in [5.41, 5.74) is 2.23. The van der Waals surface area contributed by atoms with Crippen molar-refractivity contribution in [2.24, 2.45) is 0 Å². The number of hydrogen-bond acceptors (Lipinski definition) is 4. The summed E-state index contributed by atoms with van der Waals surface area (Å²) < 4.78 is 20.2. The predicted molar refractivity (Wildman–Crippen MR) is 124 cm³/mol. The summed E-state index contributed by atoms with van der Waals surface area (Å²) in [5, 5.41) is 7.61. The minimum atomic E-state index is -0.381. The summed E-state index contributed by atoms with van der Waals surface area (Å²) in [6.45, 7) is 1.01. The fourth-order valence-corrected chi connectivity index (χ4v) is 4.10. The average molecular weight is 458 g/mol. The van der Waals surface area contributed by atoms with E-state index in [9.17, 15) is 14.0 Å². The van der Waals surface area contributed by atoms with Crippen molar-refractivity contribution in [2.75, 3.05) is 13.1 Å². The van der Waals surface area contributed by atoms with Crippen molar-refractivity contribution < 1.29 is 18.4 Å². The van der Waals surface area contributed by atoms with E-state index in [0.717, 1.165) is 5.69 Å². The molecule has 0 unspecified atom stereocenters. The van der Waals surface area contributed by atoms with E-state index in [1.165, 1.54) is 24.3 Å². The molecule has 3 heterocycles. The van der Waals surface area contributed by atoms with Crippen LogP contribution in [-0.4, -0.2) is 45.6 Å². The Kier molecular flexibility index (Phi) is 5.95. The number of carbonyl (C=O) groups is 2. The maximum Gasteiger partial charge on any atom is 0.272 e. The molecule has 0 atom stereocenters. The maximum atomic E-state index is 13.5. The van der Waals surface area contributed by atoms with Gasteiger partial charge in [0.1, 0.15) is 17.2 Å². The lowest BCUT2D eigenvalue weighted by molar-refractivity contribution is 0.0689. The van der Waals surface area contributed by atoms with Gasteiger partial charge in [0, 0.05) is 30.8 Å². The highest BCUT2D eigenvalue weighted by molar-refractivity contribution is 5.95. The summed E-state index contributed by atoms with van der Waals surface area (Å²) in [7, 11) is 0. The van der Waals surface area contributed by atoms with Crippen LogP contribution in [0.1, 0.15) is 33.7 Å². The zero-order chi connectivity index (χ0) is 23.5. The molecule has 0 saturated carbocycles. The smallest absolute Gasteiger partial charge is 0.272 e. The third-order valence-electron chi connectivity index (χ3n) is 5.93. The monoisotopic (exact) mass is 458 g/mol. The molecule has 0 bridgehead atoms. The number of aromatic nitrogens is 2. The molecule has 172 valence electrons. The van der Waals surface area contributed by atoms with Crippen LogP contribution in [0.3, 0.4) is 0 Å². The Bertz CT molecular complexity index is 1280. The first-order valence-electron chi connectivity index (χ1n) is 11.1. The molecule has 1 N–H and O–H groups in total. The molecule has 2 amide bonds. The lowest BCUT2D eigenvalue weighted by Gasteiger charge is -2.32. The van der Waals surface area contributed by atoms with Gasteiger partial charge in [0.25, 0.3) is 11.8 Å². The highest BCUT2D eigenvalue weighted by Gasteiger charge is 2.28. The van der Waals surface area contributed by atoms with Crippen LogP contribution in [0.15, 0.2) is 83.5 Å².